The number of carbonyl (C=O) groups is 1. The Morgan fingerprint density at radius 1 is 0.922 bits per heavy atom. The molecule has 1 amide bonds. The van der Waals surface area contributed by atoms with Gasteiger partial charge in [0, 0.05) is 68.3 Å². The highest BCUT2D eigenvalue weighted by Gasteiger charge is 2.62. The third-order valence-corrected chi connectivity index (χ3v) is 20.2. The van der Waals surface area contributed by atoms with Gasteiger partial charge >= 0.3 is 0 Å². The predicted molar refractivity (Wildman–Crippen MR) is 293 cm³/mol. The topological polar surface area (TPSA) is 214 Å². The number of hydrogen-bond donors (Lipinski definition) is 4. The van der Waals surface area contributed by atoms with Crippen LogP contribution in [0.3, 0.4) is 0 Å². The summed E-state index contributed by atoms with van der Waals surface area (Å²) < 4.78 is 56.1. The third-order valence-electron chi connectivity index (χ3n) is 18.9. The molecule has 2 saturated carbocycles. The monoisotopic (exact) mass is 1070 g/mol. The van der Waals surface area contributed by atoms with Crippen molar-refractivity contribution in [3.05, 3.63) is 99.7 Å². The van der Waals surface area contributed by atoms with Crippen LogP contribution in [0.1, 0.15) is 126 Å². The number of rotatable bonds is 10. The van der Waals surface area contributed by atoms with Crippen LogP contribution < -0.4 is 29.3 Å². The number of nitro benzene ring substituents is 1. The van der Waals surface area contributed by atoms with Gasteiger partial charge in [-0.05, 0) is 129 Å². The van der Waals surface area contributed by atoms with Gasteiger partial charge in [-0.15, -0.1) is 0 Å². The molecule has 0 radical (unpaired) electrons. The Balaban J connectivity index is 0.847. The lowest BCUT2D eigenvalue weighted by Crippen LogP contribution is -2.67. The Kier molecular flexibility index (Phi) is 13.3. The molecule has 12 rings (SSSR count). The average molecular weight is 1070 g/mol. The summed E-state index contributed by atoms with van der Waals surface area (Å²) in [5.74, 6) is -0.0379. The van der Waals surface area contributed by atoms with E-state index in [1.807, 2.05) is 37.4 Å². The quantitative estimate of drug-likeness (QED) is 0.0758. The van der Waals surface area contributed by atoms with E-state index in [9.17, 15) is 28.4 Å². The van der Waals surface area contributed by atoms with Crippen LogP contribution in [0.4, 0.5) is 28.4 Å². The Hall–Kier alpha value is -5.99. The molecule has 1 spiro atoms. The van der Waals surface area contributed by atoms with Crippen LogP contribution in [0.15, 0.2) is 77.8 Å². The summed E-state index contributed by atoms with van der Waals surface area (Å²) in [6.07, 6.45) is 8.60. The van der Waals surface area contributed by atoms with E-state index in [1.54, 1.807) is 6.07 Å². The van der Waals surface area contributed by atoms with Crippen LogP contribution in [-0.4, -0.2) is 122 Å². The molecule has 2 aromatic heterocycles. The van der Waals surface area contributed by atoms with Gasteiger partial charge in [-0.2, -0.15) is 4.98 Å². The molecule has 5 aromatic rings. The largest absolute Gasteiger partial charge is 0.489 e. The zero-order chi connectivity index (χ0) is 53.6. The fraction of sp³-hybridized carbons (Fsp3) is 0.552. The van der Waals surface area contributed by atoms with Crippen LogP contribution in [0.25, 0.3) is 11.0 Å². The normalized spacial score (nSPS) is 28.0. The summed E-state index contributed by atoms with van der Waals surface area (Å²) in [5, 5.41) is 27.3. The summed E-state index contributed by atoms with van der Waals surface area (Å²) in [4.78, 5) is 41.7. The second-order valence-electron chi connectivity index (χ2n) is 24.0. The smallest absolute Gasteiger partial charge is 0.297 e. The molecule has 7 heterocycles. The highest BCUT2D eigenvalue weighted by Crippen LogP contribution is 2.64. The molecule has 77 heavy (non-hydrogen) atoms. The van der Waals surface area contributed by atoms with Crippen LogP contribution >= 0.6 is 0 Å². The summed E-state index contributed by atoms with van der Waals surface area (Å²) in [7, 11) is -4.73. The summed E-state index contributed by atoms with van der Waals surface area (Å²) in [5.41, 5.74) is 4.50. The molecule has 18 nitrogen and oxygen atoms in total. The number of nitro groups is 1. The first-order valence-electron chi connectivity index (χ1n) is 27.7. The van der Waals surface area contributed by atoms with Crippen molar-refractivity contribution in [1.82, 2.24) is 19.6 Å². The summed E-state index contributed by atoms with van der Waals surface area (Å²) in [6, 6.07) is 20.6. The zero-order valence-corrected chi connectivity index (χ0v) is 45.6. The average Bonchev–Trinajstić information content (AvgIpc) is 3.92. The Labute approximate surface area is 450 Å². The number of nitrogens with zero attached hydrogens (tertiary/aromatic N) is 5. The van der Waals surface area contributed by atoms with Crippen LogP contribution in [0.5, 0.6) is 11.6 Å². The van der Waals surface area contributed by atoms with Gasteiger partial charge in [0.15, 0.2) is 11.4 Å². The first-order valence-corrected chi connectivity index (χ1v) is 29.2. The number of aromatic nitrogens is 2. The molecular formula is C58H72N8O10S. The van der Waals surface area contributed by atoms with E-state index in [1.165, 1.54) is 17.2 Å². The van der Waals surface area contributed by atoms with Crippen molar-refractivity contribution in [3.8, 4) is 11.6 Å². The lowest BCUT2D eigenvalue weighted by Gasteiger charge is -2.67. The second kappa shape index (κ2) is 19.7. The van der Waals surface area contributed by atoms with Crippen molar-refractivity contribution in [2.45, 2.75) is 139 Å². The van der Waals surface area contributed by atoms with Gasteiger partial charge in [0.05, 0.1) is 58.0 Å². The molecule has 19 heteroatoms. The molecule has 2 aliphatic carbocycles. The maximum Gasteiger partial charge on any atom is 0.297 e. The van der Waals surface area contributed by atoms with Crippen LogP contribution in [-0.2, 0) is 19.5 Å². The Bertz CT molecular complexity index is 3200. The van der Waals surface area contributed by atoms with Gasteiger partial charge in [-0.3, -0.25) is 19.8 Å². The number of anilines is 4. The third kappa shape index (κ3) is 9.26. The molecule has 4 N–H and O–H groups in total. The molecular weight excluding hydrogens is 1000 g/mol. The number of fused-ring (bicyclic) bond motifs is 4. The maximum absolute atomic E-state index is 14.9. The van der Waals surface area contributed by atoms with Gasteiger partial charge in [0.1, 0.15) is 24.0 Å². The van der Waals surface area contributed by atoms with Crippen molar-refractivity contribution < 1.29 is 42.2 Å². The molecule has 5 atom stereocenters. The molecule has 410 valence electrons. The maximum atomic E-state index is 14.9. The first kappa shape index (κ1) is 51.7. The minimum absolute atomic E-state index is 0.00690. The number of nitrogens with one attached hydrogen (secondary N) is 3. The molecule has 5 fully saturated rings. The molecule has 7 aliphatic rings. The van der Waals surface area contributed by atoms with E-state index in [4.69, 9.17) is 23.9 Å². The molecule has 3 saturated heterocycles. The lowest BCUT2D eigenvalue weighted by atomic mass is 9.44. The number of aliphatic hydroxyl groups is 1. The van der Waals surface area contributed by atoms with Crippen molar-refractivity contribution in [1.29, 1.82) is 0 Å². The number of benzene rings is 3. The highest BCUT2D eigenvalue weighted by atomic mass is 32.2. The summed E-state index contributed by atoms with van der Waals surface area (Å²) in [6.45, 7) is 16.2. The van der Waals surface area contributed by atoms with E-state index >= 15 is 0 Å². The molecule has 3 aromatic carbocycles. The number of piperidine rings is 1. The number of H-pyrrole nitrogens is 1. The van der Waals surface area contributed by atoms with E-state index in [2.05, 4.69) is 81.7 Å². The fourth-order valence-electron chi connectivity index (χ4n) is 14.2. The van der Waals surface area contributed by atoms with E-state index < -0.39 is 43.1 Å². The lowest BCUT2D eigenvalue weighted by molar-refractivity contribution is -0.384. The number of carbonyl (C=O) groups excluding carboxylic acids is 1. The number of amides is 1. The van der Waals surface area contributed by atoms with Gasteiger partial charge in [0.2, 0.25) is 5.88 Å². The minimum atomic E-state index is -4.73. The fourth-order valence-corrected chi connectivity index (χ4v) is 15.2. The van der Waals surface area contributed by atoms with Gasteiger partial charge in [-0.25, -0.2) is 13.1 Å². The van der Waals surface area contributed by atoms with Gasteiger partial charge < -0.3 is 44.2 Å². The second-order valence-corrected chi connectivity index (χ2v) is 25.6. The number of hydrogen-bond acceptors (Lipinski definition) is 15. The number of aromatic amines is 1. The standard InChI is InChI=1S/C58H72N8O10S/c1-35(2)40-9-6-7-10-41(40)48-33-73-25-8-22-64(48)51-31-58(56(51,3)4)19-23-63(24-20-58)38-11-12-42(45(28-38)65-44-16-26-74-34-50(44)76-55-47(65)27-37-15-21-59-53(37)61-55)54(67)62-77(71,72)39-29-46(66(69)70)52-49(30-39)75-32-43(60-52)36-13-17-57(5,68)18-14-36/h6-7,9-12,15,21,27-30,35-36,43-44,48,50-51,60,68H,8,13-14,16-20,22-26,31-34H2,1-5H3,(H,59,61)(H,62,67)/t36?,43-,44+,48+,50+,51+,57?/m1/s1. The molecule has 5 aliphatic heterocycles. The predicted octanol–water partition coefficient (Wildman–Crippen LogP) is 9.36. The Morgan fingerprint density at radius 3 is 2.47 bits per heavy atom. The van der Waals surface area contributed by atoms with Crippen molar-refractivity contribution in [3.63, 3.8) is 0 Å². The van der Waals surface area contributed by atoms with Crippen LogP contribution in [0, 0.1) is 26.9 Å². The zero-order valence-electron chi connectivity index (χ0n) is 44.8. The van der Waals surface area contributed by atoms with Crippen LogP contribution in [0.2, 0.25) is 0 Å². The molecule has 0 unspecified atom stereocenters. The Morgan fingerprint density at radius 2 is 1.70 bits per heavy atom. The minimum Gasteiger partial charge on any atom is -0.489 e. The summed E-state index contributed by atoms with van der Waals surface area (Å²) >= 11 is 0. The SMILES string of the molecule is CC(C)c1ccccc1[C@@H]1COCCCN1[C@H]1CC2(CCN(c3ccc(C(=O)NS(=O)(=O)c4cc5c(c([N+](=O)[O-])c4)N[C@@H](C4CCC(C)(O)CC4)CO5)c(N4c5cc6cc[nH]c6nc5O[C@H]5COCC[C@@H]54)c3)CC2)C1(C)C. The molecule has 0 bridgehead atoms. The van der Waals surface area contributed by atoms with E-state index in [-0.39, 0.29) is 58.5 Å². The number of sulfonamides is 1. The van der Waals surface area contributed by atoms with Crippen molar-refractivity contribution >= 4 is 55.4 Å². The van der Waals surface area contributed by atoms with Crippen molar-refractivity contribution in [2.75, 3.05) is 67.8 Å². The first-order chi connectivity index (χ1) is 36.9. The van der Waals surface area contributed by atoms with E-state index in [0.29, 0.717) is 86.8 Å². The van der Waals surface area contributed by atoms with Crippen molar-refractivity contribution in [2.24, 2.45) is 16.7 Å². The number of ether oxygens (including phenoxy) is 4. The van der Waals surface area contributed by atoms with Gasteiger partial charge in [0.25, 0.3) is 21.6 Å². The van der Waals surface area contributed by atoms with Gasteiger partial charge in [-0.1, -0.05) is 52.0 Å². The number of pyridine rings is 1. The van der Waals surface area contributed by atoms with E-state index in [0.717, 1.165) is 69.1 Å². The highest BCUT2D eigenvalue weighted by molar-refractivity contribution is 7.90.